The third-order valence-electron chi connectivity index (χ3n) is 7.27. The van der Waals surface area contributed by atoms with Crippen LogP contribution < -0.4 is 0 Å². The highest BCUT2D eigenvalue weighted by atomic mass is 16.3. The number of rotatable bonds is 4. The molecule has 0 radical (unpaired) electrons. The van der Waals surface area contributed by atoms with E-state index in [-0.39, 0.29) is 11.5 Å². The fourth-order valence-electron chi connectivity index (χ4n) is 5.86. The topological polar surface area (TPSA) is 40.5 Å². The highest BCUT2D eigenvalue weighted by molar-refractivity contribution is 5.84. The predicted octanol–water partition coefficient (Wildman–Crippen LogP) is 3.65. The Balaban J connectivity index is 1.54. The van der Waals surface area contributed by atoms with Gasteiger partial charge in [-0.15, -0.1) is 0 Å². The molecule has 1 N–H and O–H groups in total. The monoisotopic (exact) mass is 341 g/mol. The van der Waals surface area contributed by atoms with Gasteiger partial charge in [-0.1, -0.05) is 36.8 Å². The minimum atomic E-state index is -0.252. The number of hydrogen-bond donors (Lipinski definition) is 1. The number of aliphatic hydroxyl groups excluding tert-OH is 1. The number of nitrogens with zero attached hydrogens (tertiary/aromatic N) is 1. The summed E-state index contributed by atoms with van der Waals surface area (Å²) in [6.45, 7) is 3.53. The summed E-state index contributed by atoms with van der Waals surface area (Å²) in [4.78, 5) is 15.8. The minimum Gasteiger partial charge on any atom is -0.393 e. The van der Waals surface area contributed by atoms with E-state index in [1.165, 1.54) is 24.8 Å². The second-order valence-electron chi connectivity index (χ2n) is 8.77. The Morgan fingerprint density at radius 1 is 1.20 bits per heavy atom. The van der Waals surface area contributed by atoms with Crippen LogP contribution in [0.25, 0.3) is 0 Å². The van der Waals surface area contributed by atoms with Crippen molar-refractivity contribution >= 4 is 5.91 Å². The molecule has 2 saturated carbocycles. The molecular weight excluding hydrogens is 310 g/mol. The molecule has 4 unspecified atom stereocenters. The van der Waals surface area contributed by atoms with Gasteiger partial charge in [0.25, 0.3) is 0 Å². The SMILES string of the molecule is CC(O)C1CCN(C(=O)C2(Cc3ccccc3)CC3CCC2C3)CC1. The zero-order valence-electron chi connectivity index (χ0n) is 15.4. The molecule has 3 aliphatic rings. The van der Waals surface area contributed by atoms with E-state index in [0.717, 1.165) is 44.7 Å². The van der Waals surface area contributed by atoms with E-state index in [4.69, 9.17) is 0 Å². The van der Waals surface area contributed by atoms with E-state index >= 15 is 0 Å². The number of piperidine rings is 1. The molecule has 0 spiro atoms. The van der Waals surface area contributed by atoms with Gasteiger partial charge < -0.3 is 10.0 Å². The third kappa shape index (κ3) is 3.12. The van der Waals surface area contributed by atoms with Crippen molar-refractivity contribution in [1.82, 2.24) is 4.90 Å². The summed E-state index contributed by atoms with van der Waals surface area (Å²) in [6.07, 6.45) is 7.43. The lowest BCUT2D eigenvalue weighted by atomic mass is 9.68. The zero-order chi connectivity index (χ0) is 17.4. The first kappa shape index (κ1) is 17.1. The third-order valence-corrected chi connectivity index (χ3v) is 7.27. The van der Waals surface area contributed by atoms with Gasteiger partial charge in [-0.3, -0.25) is 4.79 Å². The Hall–Kier alpha value is -1.35. The van der Waals surface area contributed by atoms with Crippen molar-refractivity contribution in [3.05, 3.63) is 35.9 Å². The summed E-state index contributed by atoms with van der Waals surface area (Å²) in [5.74, 6) is 2.09. The number of carbonyl (C=O) groups excluding carboxylic acids is 1. The van der Waals surface area contributed by atoms with E-state index < -0.39 is 0 Å². The van der Waals surface area contributed by atoms with Crippen LogP contribution in [0, 0.1) is 23.2 Å². The summed E-state index contributed by atoms with van der Waals surface area (Å²) >= 11 is 0. The van der Waals surface area contributed by atoms with Gasteiger partial charge in [0.2, 0.25) is 5.91 Å². The average Bonchev–Trinajstić information content (AvgIpc) is 3.23. The highest BCUT2D eigenvalue weighted by Gasteiger charge is 2.56. The van der Waals surface area contributed by atoms with Crippen molar-refractivity contribution in [3.63, 3.8) is 0 Å². The molecule has 4 rings (SSSR count). The number of carbonyl (C=O) groups is 1. The van der Waals surface area contributed by atoms with Crippen LogP contribution in [-0.2, 0) is 11.2 Å². The van der Waals surface area contributed by atoms with Crippen molar-refractivity contribution in [2.75, 3.05) is 13.1 Å². The van der Waals surface area contributed by atoms with Crippen molar-refractivity contribution < 1.29 is 9.90 Å². The molecule has 4 atom stereocenters. The Morgan fingerprint density at radius 2 is 1.92 bits per heavy atom. The molecule has 25 heavy (non-hydrogen) atoms. The van der Waals surface area contributed by atoms with Crippen molar-refractivity contribution in [2.45, 2.75) is 58.0 Å². The maximum atomic E-state index is 13.7. The molecule has 2 aliphatic carbocycles. The number of likely N-dealkylation sites (tertiary alicyclic amines) is 1. The van der Waals surface area contributed by atoms with E-state index in [0.29, 0.717) is 17.7 Å². The molecule has 2 bridgehead atoms. The first-order valence-electron chi connectivity index (χ1n) is 10.1. The Bertz CT molecular complexity index is 606. The second-order valence-corrected chi connectivity index (χ2v) is 8.77. The van der Waals surface area contributed by atoms with Crippen LogP contribution in [-0.4, -0.2) is 35.1 Å². The molecule has 1 aromatic carbocycles. The van der Waals surface area contributed by atoms with Gasteiger partial charge >= 0.3 is 0 Å². The number of benzene rings is 1. The fourth-order valence-corrected chi connectivity index (χ4v) is 5.86. The summed E-state index contributed by atoms with van der Waals surface area (Å²) in [6, 6.07) is 10.6. The summed E-state index contributed by atoms with van der Waals surface area (Å²) in [5, 5.41) is 9.84. The standard InChI is InChI=1S/C22H31NO2/c1-16(24)19-9-11-23(12-10-19)21(25)22(14-17-5-3-2-4-6-17)15-18-7-8-20(22)13-18/h2-6,16,18-20,24H,7-15H2,1H3. The van der Waals surface area contributed by atoms with E-state index in [9.17, 15) is 9.90 Å². The van der Waals surface area contributed by atoms with Crippen molar-refractivity contribution in [3.8, 4) is 0 Å². The van der Waals surface area contributed by atoms with Crippen LogP contribution in [0.5, 0.6) is 0 Å². The van der Waals surface area contributed by atoms with Crippen LogP contribution >= 0.6 is 0 Å². The Morgan fingerprint density at radius 3 is 2.48 bits per heavy atom. The molecule has 0 aromatic heterocycles. The molecule has 1 saturated heterocycles. The largest absolute Gasteiger partial charge is 0.393 e. The number of amides is 1. The smallest absolute Gasteiger partial charge is 0.229 e. The lowest BCUT2D eigenvalue weighted by molar-refractivity contribution is -0.147. The number of fused-ring (bicyclic) bond motifs is 2. The normalized spacial score (nSPS) is 33.6. The van der Waals surface area contributed by atoms with Gasteiger partial charge in [0.15, 0.2) is 0 Å². The molecule has 1 aliphatic heterocycles. The lowest BCUT2D eigenvalue weighted by Crippen LogP contribution is -2.51. The number of aliphatic hydroxyl groups is 1. The minimum absolute atomic E-state index is 0.165. The maximum Gasteiger partial charge on any atom is 0.229 e. The Labute approximate surface area is 151 Å². The average molecular weight is 341 g/mol. The van der Waals surface area contributed by atoms with Crippen LogP contribution in [0.4, 0.5) is 0 Å². The van der Waals surface area contributed by atoms with Gasteiger partial charge in [0.05, 0.1) is 11.5 Å². The first-order valence-corrected chi connectivity index (χ1v) is 10.1. The zero-order valence-corrected chi connectivity index (χ0v) is 15.4. The molecular formula is C22H31NO2. The molecule has 1 aromatic rings. The van der Waals surface area contributed by atoms with Crippen LogP contribution in [0.3, 0.4) is 0 Å². The molecule has 1 heterocycles. The van der Waals surface area contributed by atoms with E-state index in [1.807, 2.05) is 6.92 Å². The Kier molecular flexibility index (Phi) is 4.61. The molecule has 3 heteroatoms. The molecule has 1 amide bonds. The predicted molar refractivity (Wildman–Crippen MR) is 99.0 cm³/mol. The lowest BCUT2D eigenvalue weighted by Gasteiger charge is -2.43. The van der Waals surface area contributed by atoms with Crippen molar-refractivity contribution in [1.29, 1.82) is 0 Å². The molecule has 3 fully saturated rings. The fraction of sp³-hybridized carbons (Fsp3) is 0.682. The van der Waals surface area contributed by atoms with Gasteiger partial charge in [0.1, 0.15) is 0 Å². The first-order chi connectivity index (χ1) is 12.1. The van der Waals surface area contributed by atoms with Crippen molar-refractivity contribution in [2.24, 2.45) is 23.2 Å². The summed E-state index contributed by atoms with van der Waals surface area (Å²) in [5.41, 5.74) is 1.14. The van der Waals surface area contributed by atoms with E-state index in [2.05, 4.69) is 35.2 Å². The van der Waals surface area contributed by atoms with Gasteiger partial charge in [-0.05, 0) is 68.8 Å². The molecule has 3 nitrogen and oxygen atoms in total. The van der Waals surface area contributed by atoms with Crippen LogP contribution in [0.1, 0.15) is 51.0 Å². The van der Waals surface area contributed by atoms with Crippen LogP contribution in [0.2, 0.25) is 0 Å². The highest BCUT2D eigenvalue weighted by Crippen LogP contribution is 2.58. The van der Waals surface area contributed by atoms with Gasteiger partial charge in [0, 0.05) is 13.1 Å². The van der Waals surface area contributed by atoms with E-state index in [1.54, 1.807) is 0 Å². The maximum absolute atomic E-state index is 13.7. The summed E-state index contributed by atoms with van der Waals surface area (Å²) < 4.78 is 0. The molecule has 136 valence electrons. The summed E-state index contributed by atoms with van der Waals surface area (Å²) in [7, 11) is 0. The van der Waals surface area contributed by atoms with Crippen LogP contribution in [0.15, 0.2) is 30.3 Å². The quantitative estimate of drug-likeness (QED) is 0.908. The van der Waals surface area contributed by atoms with Gasteiger partial charge in [-0.2, -0.15) is 0 Å². The second kappa shape index (κ2) is 6.75. The number of hydrogen-bond acceptors (Lipinski definition) is 2. The van der Waals surface area contributed by atoms with Gasteiger partial charge in [-0.25, -0.2) is 0 Å².